The van der Waals surface area contributed by atoms with Crippen molar-refractivity contribution in [2.45, 2.75) is 45.6 Å². The Morgan fingerprint density at radius 2 is 2.24 bits per heavy atom. The highest BCUT2D eigenvalue weighted by atomic mass is 35.5. The quantitative estimate of drug-likeness (QED) is 0.795. The third-order valence-corrected chi connectivity index (χ3v) is 5.20. The van der Waals surface area contributed by atoms with Crippen molar-refractivity contribution in [3.8, 4) is 0 Å². The molecule has 134 valence electrons. The molecule has 0 saturated carbocycles. The molecule has 1 atom stereocenters. The molecule has 3 rings (SSSR count). The Labute approximate surface area is 156 Å². The molecule has 1 fully saturated rings. The minimum atomic E-state index is -0.00949. The highest BCUT2D eigenvalue weighted by Crippen LogP contribution is 2.32. The molecular weight excluding hydrogens is 358 g/mol. The molecule has 2 aromatic heterocycles. The molecule has 0 aromatic carbocycles. The summed E-state index contributed by atoms with van der Waals surface area (Å²) in [5.41, 5.74) is 0.880. The summed E-state index contributed by atoms with van der Waals surface area (Å²) < 4.78 is 0. The number of halogens is 1. The number of alkyl halides is 1. The lowest BCUT2D eigenvalue weighted by atomic mass is 9.98. The van der Waals surface area contributed by atoms with E-state index in [4.69, 9.17) is 11.6 Å². The Kier molecular flexibility index (Phi) is 5.86. The lowest BCUT2D eigenvalue weighted by Gasteiger charge is -2.35. The number of carbonyl (C=O) groups is 1. The number of aryl methyl sites for hydroxylation is 2. The van der Waals surface area contributed by atoms with E-state index >= 15 is 0 Å². The number of aromatic nitrogens is 3. The number of hydrogen-bond acceptors (Lipinski definition) is 6. The standard InChI is InChI=1S/C17H22ClN5OS/c1-11-10-19-17(25-11)22-15-9-13(20-12(2)21-15)14-5-3-4-8-23(14)16(24)6-7-18/h9-10,14H,3-8H2,1-2H3,(H,19,20,21,22). The van der Waals surface area contributed by atoms with Crippen molar-refractivity contribution in [2.24, 2.45) is 0 Å². The van der Waals surface area contributed by atoms with E-state index in [1.54, 1.807) is 11.3 Å². The Balaban J connectivity index is 1.85. The van der Waals surface area contributed by atoms with Gasteiger partial charge >= 0.3 is 0 Å². The van der Waals surface area contributed by atoms with Crippen LogP contribution < -0.4 is 5.32 Å². The van der Waals surface area contributed by atoms with E-state index in [1.807, 2.05) is 31.0 Å². The smallest absolute Gasteiger partial charge is 0.224 e. The summed E-state index contributed by atoms with van der Waals surface area (Å²) in [5, 5.41) is 4.05. The Bertz CT molecular complexity index is 750. The van der Waals surface area contributed by atoms with Crippen molar-refractivity contribution in [1.82, 2.24) is 19.9 Å². The van der Waals surface area contributed by atoms with Crippen LogP contribution in [0.1, 0.15) is 48.1 Å². The zero-order chi connectivity index (χ0) is 17.8. The molecule has 1 saturated heterocycles. The summed E-state index contributed by atoms with van der Waals surface area (Å²) in [7, 11) is 0. The molecule has 0 spiro atoms. The van der Waals surface area contributed by atoms with Gasteiger partial charge in [0.2, 0.25) is 5.91 Å². The second-order valence-corrected chi connectivity index (χ2v) is 7.78. The number of carbonyl (C=O) groups excluding carboxylic acids is 1. The molecule has 1 aliphatic heterocycles. The van der Waals surface area contributed by atoms with Crippen LogP contribution in [0.25, 0.3) is 0 Å². The van der Waals surface area contributed by atoms with Gasteiger partial charge in [0.25, 0.3) is 0 Å². The van der Waals surface area contributed by atoms with Crippen molar-refractivity contribution in [3.63, 3.8) is 0 Å². The molecule has 8 heteroatoms. The average molecular weight is 380 g/mol. The fourth-order valence-corrected chi connectivity index (χ4v) is 3.94. The van der Waals surface area contributed by atoms with Gasteiger partial charge in [0.05, 0.1) is 11.7 Å². The Morgan fingerprint density at radius 3 is 2.96 bits per heavy atom. The van der Waals surface area contributed by atoms with Gasteiger partial charge in [-0.3, -0.25) is 4.79 Å². The largest absolute Gasteiger partial charge is 0.334 e. The first kappa shape index (κ1) is 18.1. The summed E-state index contributed by atoms with van der Waals surface area (Å²) >= 11 is 7.34. The zero-order valence-corrected chi connectivity index (χ0v) is 16.0. The first-order valence-electron chi connectivity index (χ1n) is 8.47. The van der Waals surface area contributed by atoms with Gasteiger partial charge in [-0.15, -0.1) is 22.9 Å². The van der Waals surface area contributed by atoms with Gasteiger partial charge in [0, 0.05) is 36.0 Å². The monoisotopic (exact) mass is 379 g/mol. The molecule has 3 heterocycles. The molecule has 2 aromatic rings. The molecule has 0 radical (unpaired) electrons. The van der Waals surface area contributed by atoms with Crippen LogP contribution in [0.3, 0.4) is 0 Å². The molecule has 0 aliphatic carbocycles. The summed E-state index contributed by atoms with van der Waals surface area (Å²) in [6.45, 7) is 4.65. The topological polar surface area (TPSA) is 71.0 Å². The van der Waals surface area contributed by atoms with Crippen LogP contribution in [0, 0.1) is 13.8 Å². The van der Waals surface area contributed by atoms with Gasteiger partial charge < -0.3 is 10.2 Å². The van der Waals surface area contributed by atoms with E-state index in [0.717, 1.165) is 41.5 Å². The minimum absolute atomic E-state index is 0.00949. The second-order valence-electron chi connectivity index (χ2n) is 6.16. The maximum atomic E-state index is 12.4. The van der Waals surface area contributed by atoms with Crippen LogP contribution in [0.5, 0.6) is 0 Å². The number of hydrogen-bond donors (Lipinski definition) is 1. The molecular formula is C17H22ClN5OS. The van der Waals surface area contributed by atoms with Crippen LogP contribution in [-0.2, 0) is 4.79 Å². The van der Waals surface area contributed by atoms with Gasteiger partial charge in [0.15, 0.2) is 5.13 Å². The molecule has 1 N–H and O–H groups in total. The number of likely N-dealkylation sites (tertiary alicyclic amines) is 1. The first-order valence-corrected chi connectivity index (χ1v) is 9.82. The third kappa shape index (κ3) is 4.46. The van der Waals surface area contributed by atoms with Crippen LogP contribution in [-0.4, -0.2) is 38.2 Å². The highest BCUT2D eigenvalue weighted by molar-refractivity contribution is 7.15. The molecule has 1 aliphatic rings. The van der Waals surface area contributed by atoms with E-state index < -0.39 is 0 Å². The summed E-state index contributed by atoms with van der Waals surface area (Å²) in [4.78, 5) is 28.9. The van der Waals surface area contributed by atoms with Gasteiger partial charge in [-0.2, -0.15) is 0 Å². The van der Waals surface area contributed by atoms with Crippen molar-refractivity contribution in [3.05, 3.63) is 28.7 Å². The molecule has 0 bridgehead atoms. The predicted molar refractivity (Wildman–Crippen MR) is 101 cm³/mol. The SMILES string of the molecule is Cc1nc(Nc2ncc(C)s2)cc(C2CCCCN2C(=O)CCCl)n1. The Hall–Kier alpha value is -1.73. The van der Waals surface area contributed by atoms with Crippen LogP contribution in [0.4, 0.5) is 10.9 Å². The highest BCUT2D eigenvalue weighted by Gasteiger charge is 2.29. The number of amides is 1. The first-order chi connectivity index (χ1) is 12.1. The second kappa shape index (κ2) is 8.10. The van der Waals surface area contributed by atoms with Crippen molar-refractivity contribution in [2.75, 3.05) is 17.7 Å². The average Bonchev–Trinajstić information content (AvgIpc) is 2.99. The van der Waals surface area contributed by atoms with E-state index in [-0.39, 0.29) is 11.9 Å². The van der Waals surface area contributed by atoms with E-state index in [2.05, 4.69) is 20.3 Å². The fraction of sp³-hybridized carbons (Fsp3) is 0.529. The van der Waals surface area contributed by atoms with Crippen LogP contribution >= 0.6 is 22.9 Å². The minimum Gasteiger partial charge on any atom is -0.334 e. The lowest BCUT2D eigenvalue weighted by molar-refractivity contribution is -0.134. The van der Waals surface area contributed by atoms with Gasteiger partial charge in [-0.05, 0) is 33.1 Å². The van der Waals surface area contributed by atoms with E-state index in [0.29, 0.717) is 23.9 Å². The molecule has 1 amide bonds. The molecule has 25 heavy (non-hydrogen) atoms. The van der Waals surface area contributed by atoms with Gasteiger partial charge in [0.1, 0.15) is 11.6 Å². The summed E-state index contributed by atoms with van der Waals surface area (Å²) in [5.74, 6) is 1.85. The zero-order valence-electron chi connectivity index (χ0n) is 14.5. The van der Waals surface area contributed by atoms with Crippen molar-refractivity contribution < 1.29 is 4.79 Å². The maximum Gasteiger partial charge on any atom is 0.224 e. The van der Waals surface area contributed by atoms with E-state index in [1.165, 1.54) is 0 Å². The number of nitrogens with one attached hydrogen (secondary N) is 1. The number of anilines is 2. The van der Waals surface area contributed by atoms with Gasteiger partial charge in [-0.1, -0.05) is 0 Å². The van der Waals surface area contributed by atoms with E-state index in [9.17, 15) is 4.79 Å². The number of rotatable bonds is 5. The third-order valence-electron chi connectivity index (χ3n) is 4.19. The molecule has 1 unspecified atom stereocenters. The Morgan fingerprint density at radius 1 is 1.40 bits per heavy atom. The van der Waals surface area contributed by atoms with Crippen LogP contribution in [0.2, 0.25) is 0 Å². The normalized spacial score (nSPS) is 17.6. The summed E-state index contributed by atoms with van der Waals surface area (Å²) in [6.07, 6.45) is 5.23. The van der Waals surface area contributed by atoms with Crippen molar-refractivity contribution in [1.29, 1.82) is 0 Å². The summed E-state index contributed by atoms with van der Waals surface area (Å²) in [6, 6.07) is 1.92. The van der Waals surface area contributed by atoms with Crippen LogP contribution in [0.15, 0.2) is 12.3 Å². The number of nitrogens with zero attached hydrogens (tertiary/aromatic N) is 4. The van der Waals surface area contributed by atoms with Crippen molar-refractivity contribution >= 4 is 39.8 Å². The fourth-order valence-electron chi connectivity index (χ4n) is 3.11. The lowest BCUT2D eigenvalue weighted by Crippen LogP contribution is -2.39. The predicted octanol–water partition coefficient (Wildman–Crippen LogP) is 3.98. The van der Waals surface area contributed by atoms with Gasteiger partial charge in [-0.25, -0.2) is 15.0 Å². The molecule has 6 nitrogen and oxygen atoms in total. The number of piperidine rings is 1. The maximum absolute atomic E-state index is 12.4. The number of thiazole rings is 1.